The van der Waals surface area contributed by atoms with Crippen LogP contribution in [0.5, 0.6) is 0 Å². The number of rotatable bonds is 6. The minimum atomic E-state index is -0.674. The maximum absolute atomic E-state index is 12.9. The van der Waals surface area contributed by atoms with Crippen molar-refractivity contribution in [1.29, 1.82) is 0 Å². The predicted molar refractivity (Wildman–Crippen MR) is 79.1 cm³/mol. The first-order valence-electron chi connectivity index (χ1n) is 6.49. The largest absolute Gasteiger partial charge is 0.380 e. The van der Waals surface area contributed by atoms with E-state index in [2.05, 4.69) is 5.32 Å². The summed E-state index contributed by atoms with van der Waals surface area (Å²) in [5.41, 5.74) is 7.82. The summed E-state index contributed by atoms with van der Waals surface area (Å²) in [6, 6.07) is 12.5. The van der Waals surface area contributed by atoms with Crippen LogP contribution in [0.15, 0.2) is 48.5 Å². The monoisotopic (exact) mass is 288 g/mol. The van der Waals surface area contributed by atoms with Crippen LogP contribution in [-0.2, 0) is 16.1 Å². The number of carbonyl (C=O) groups is 1. The van der Waals surface area contributed by atoms with Crippen molar-refractivity contribution in [3.63, 3.8) is 0 Å². The Kier molecular flexibility index (Phi) is 4.90. The zero-order chi connectivity index (χ0) is 15.2. The predicted octanol–water partition coefficient (Wildman–Crippen LogP) is 2.61. The molecule has 0 fully saturated rings. The quantitative estimate of drug-likeness (QED) is 0.858. The molecule has 0 spiro atoms. The molecule has 0 heterocycles. The number of nitrogens with one attached hydrogen (secondary N) is 1. The number of primary amides is 1. The lowest BCUT2D eigenvalue weighted by Crippen LogP contribution is -2.27. The highest BCUT2D eigenvalue weighted by atomic mass is 19.1. The first-order chi connectivity index (χ1) is 10.1. The number of benzene rings is 2. The number of carbonyl (C=O) groups excluding carboxylic acids is 1. The Morgan fingerprint density at radius 1 is 1.19 bits per heavy atom. The van der Waals surface area contributed by atoms with E-state index in [9.17, 15) is 9.18 Å². The highest BCUT2D eigenvalue weighted by molar-refractivity contribution is 5.84. The summed E-state index contributed by atoms with van der Waals surface area (Å²) in [6.45, 7) is 0.507. The van der Waals surface area contributed by atoms with Gasteiger partial charge in [-0.3, -0.25) is 4.79 Å². The molecule has 21 heavy (non-hydrogen) atoms. The van der Waals surface area contributed by atoms with E-state index in [1.54, 1.807) is 19.2 Å². The fourth-order valence-corrected chi connectivity index (χ4v) is 2.00. The number of halogens is 1. The molecule has 2 rings (SSSR count). The third-order valence-electron chi connectivity index (χ3n) is 3.06. The summed E-state index contributed by atoms with van der Waals surface area (Å²) in [5.74, 6) is -0.834. The molecular weight excluding hydrogens is 271 g/mol. The molecule has 1 unspecified atom stereocenters. The molecule has 0 saturated heterocycles. The van der Waals surface area contributed by atoms with Gasteiger partial charge in [-0.15, -0.1) is 0 Å². The van der Waals surface area contributed by atoms with Gasteiger partial charge < -0.3 is 15.8 Å². The van der Waals surface area contributed by atoms with E-state index < -0.39 is 11.9 Å². The lowest BCUT2D eigenvalue weighted by Gasteiger charge is -2.17. The normalized spacial score (nSPS) is 11.9. The topological polar surface area (TPSA) is 64.3 Å². The number of anilines is 1. The van der Waals surface area contributed by atoms with Crippen molar-refractivity contribution in [1.82, 2.24) is 0 Å². The Morgan fingerprint density at radius 2 is 1.81 bits per heavy atom. The van der Waals surface area contributed by atoms with Crippen LogP contribution in [-0.4, -0.2) is 13.0 Å². The van der Waals surface area contributed by atoms with Crippen LogP contribution in [0.2, 0.25) is 0 Å². The average Bonchev–Trinajstić information content (AvgIpc) is 2.48. The standard InChI is InChI=1S/C16H17FN2O2/c1-21-10-11-2-4-12(5-3-11)15(16(18)20)19-14-8-6-13(17)7-9-14/h2-9,15,19H,10H2,1H3,(H2,18,20). The molecule has 0 saturated carbocycles. The van der Waals surface area contributed by atoms with E-state index in [-0.39, 0.29) is 5.82 Å². The molecule has 3 N–H and O–H groups in total. The Bertz CT molecular complexity index is 597. The van der Waals surface area contributed by atoms with E-state index in [1.807, 2.05) is 24.3 Å². The summed E-state index contributed by atoms with van der Waals surface area (Å²) in [6.07, 6.45) is 0. The molecule has 0 aliphatic rings. The second-order valence-electron chi connectivity index (χ2n) is 4.66. The van der Waals surface area contributed by atoms with E-state index in [0.29, 0.717) is 12.3 Å². The average molecular weight is 288 g/mol. The maximum atomic E-state index is 12.9. The van der Waals surface area contributed by atoms with Crippen molar-refractivity contribution in [3.8, 4) is 0 Å². The van der Waals surface area contributed by atoms with E-state index in [0.717, 1.165) is 11.1 Å². The molecule has 5 heteroatoms. The van der Waals surface area contributed by atoms with E-state index in [1.165, 1.54) is 12.1 Å². The molecule has 0 aliphatic carbocycles. The van der Waals surface area contributed by atoms with Gasteiger partial charge in [0.15, 0.2) is 0 Å². The molecule has 0 aliphatic heterocycles. The number of nitrogens with two attached hydrogens (primary N) is 1. The van der Waals surface area contributed by atoms with Gasteiger partial charge in [0.2, 0.25) is 5.91 Å². The molecule has 1 amide bonds. The summed E-state index contributed by atoms with van der Waals surface area (Å²) in [4.78, 5) is 11.6. The highest BCUT2D eigenvalue weighted by Gasteiger charge is 2.17. The highest BCUT2D eigenvalue weighted by Crippen LogP contribution is 2.20. The molecule has 2 aromatic rings. The van der Waals surface area contributed by atoms with Crippen molar-refractivity contribution in [3.05, 3.63) is 65.5 Å². The van der Waals surface area contributed by atoms with Crippen LogP contribution in [0.25, 0.3) is 0 Å². The van der Waals surface area contributed by atoms with Gasteiger partial charge in [0, 0.05) is 12.8 Å². The fourth-order valence-electron chi connectivity index (χ4n) is 2.00. The lowest BCUT2D eigenvalue weighted by molar-refractivity contribution is -0.118. The van der Waals surface area contributed by atoms with E-state index >= 15 is 0 Å². The SMILES string of the molecule is COCc1ccc(C(Nc2ccc(F)cc2)C(N)=O)cc1. The Balaban J connectivity index is 2.18. The van der Waals surface area contributed by atoms with Gasteiger partial charge in [-0.2, -0.15) is 0 Å². The Morgan fingerprint density at radius 3 is 2.33 bits per heavy atom. The lowest BCUT2D eigenvalue weighted by atomic mass is 10.0. The fraction of sp³-hybridized carbons (Fsp3) is 0.188. The molecule has 0 bridgehead atoms. The van der Waals surface area contributed by atoms with Gasteiger partial charge in [-0.25, -0.2) is 4.39 Å². The first kappa shape index (κ1) is 15.0. The summed E-state index contributed by atoms with van der Waals surface area (Å²) in [5, 5.41) is 3.00. The van der Waals surface area contributed by atoms with Gasteiger partial charge >= 0.3 is 0 Å². The Labute approximate surface area is 122 Å². The first-order valence-corrected chi connectivity index (χ1v) is 6.49. The number of amides is 1. The zero-order valence-corrected chi connectivity index (χ0v) is 11.7. The molecular formula is C16H17FN2O2. The van der Waals surface area contributed by atoms with Crippen LogP contribution in [0.1, 0.15) is 17.2 Å². The molecule has 4 nitrogen and oxygen atoms in total. The molecule has 0 aromatic heterocycles. The Hall–Kier alpha value is -2.40. The van der Waals surface area contributed by atoms with Crippen LogP contribution in [0.4, 0.5) is 10.1 Å². The van der Waals surface area contributed by atoms with Crippen molar-refractivity contribution in [2.75, 3.05) is 12.4 Å². The summed E-state index contributed by atoms with van der Waals surface area (Å²) in [7, 11) is 1.62. The number of hydrogen-bond donors (Lipinski definition) is 2. The van der Waals surface area contributed by atoms with Crippen molar-refractivity contribution in [2.24, 2.45) is 5.73 Å². The van der Waals surface area contributed by atoms with Gasteiger partial charge in [0.1, 0.15) is 11.9 Å². The van der Waals surface area contributed by atoms with Gasteiger partial charge in [-0.1, -0.05) is 24.3 Å². The second kappa shape index (κ2) is 6.85. The molecule has 0 radical (unpaired) electrons. The van der Waals surface area contributed by atoms with Crippen molar-refractivity contribution >= 4 is 11.6 Å². The second-order valence-corrected chi connectivity index (χ2v) is 4.66. The third-order valence-corrected chi connectivity index (χ3v) is 3.06. The van der Waals surface area contributed by atoms with Crippen LogP contribution in [0, 0.1) is 5.82 Å². The van der Waals surface area contributed by atoms with Crippen LogP contribution < -0.4 is 11.1 Å². The number of ether oxygens (including phenoxy) is 1. The van der Waals surface area contributed by atoms with Crippen molar-refractivity contribution < 1.29 is 13.9 Å². The number of methoxy groups -OCH3 is 1. The minimum Gasteiger partial charge on any atom is -0.380 e. The van der Waals surface area contributed by atoms with Crippen LogP contribution >= 0.6 is 0 Å². The van der Waals surface area contributed by atoms with Crippen LogP contribution in [0.3, 0.4) is 0 Å². The summed E-state index contributed by atoms with van der Waals surface area (Å²) < 4.78 is 17.9. The van der Waals surface area contributed by atoms with Gasteiger partial charge in [-0.05, 0) is 35.4 Å². The van der Waals surface area contributed by atoms with Gasteiger partial charge in [0.05, 0.1) is 6.61 Å². The minimum absolute atomic E-state index is 0.333. The third kappa shape index (κ3) is 4.03. The number of hydrogen-bond acceptors (Lipinski definition) is 3. The zero-order valence-electron chi connectivity index (χ0n) is 11.7. The van der Waals surface area contributed by atoms with Crippen molar-refractivity contribution in [2.45, 2.75) is 12.6 Å². The molecule has 1 atom stereocenters. The smallest absolute Gasteiger partial charge is 0.244 e. The van der Waals surface area contributed by atoms with Gasteiger partial charge in [0.25, 0.3) is 0 Å². The van der Waals surface area contributed by atoms with E-state index in [4.69, 9.17) is 10.5 Å². The molecule has 2 aromatic carbocycles. The maximum Gasteiger partial charge on any atom is 0.244 e. The molecule has 110 valence electrons. The summed E-state index contributed by atoms with van der Waals surface area (Å²) >= 11 is 0.